The minimum Gasteiger partial charge on any atom is -0.324 e. The summed E-state index contributed by atoms with van der Waals surface area (Å²) < 4.78 is 2.29. The number of hydrogen-bond donors (Lipinski definition) is 1. The van der Waals surface area contributed by atoms with E-state index >= 15 is 0 Å². The summed E-state index contributed by atoms with van der Waals surface area (Å²) in [5, 5.41) is 2.73. The first-order valence-corrected chi connectivity index (χ1v) is 16.4. The predicted octanol–water partition coefficient (Wildman–Crippen LogP) is 6.71. The van der Waals surface area contributed by atoms with Crippen LogP contribution >= 0.6 is 39.0 Å². The van der Waals surface area contributed by atoms with Crippen molar-refractivity contribution in [1.82, 2.24) is 4.57 Å². The number of hydrogen-bond acceptors (Lipinski definition) is 6. The Labute approximate surface area is 266 Å². The molecule has 3 amide bonds. The van der Waals surface area contributed by atoms with Gasteiger partial charge in [0.2, 0.25) is 17.7 Å². The molecule has 0 unspecified atom stereocenters. The first-order valence-electron chi connectivity index (χ1n) is 13.9. The molecule has 0 bridgehead atoms. The number of carbonyl (C=O) groups excluding carboxylic acids is 3. The van der Waals surface area contributed by atoms with Crippen LogP contribution in [0, 0.1) is 12.8 Å². The molecule has 1 N–H and O–H groups in total. The number of aromatic nitrogens is 1. The first kappa shape index (κ1) is 29.6. The number of carbonyl (C=O) groups is 3. The summed E-state index contributed by atoms with van der Waals surface area (Å²) in [5.41, 5.74) is 4.03. The Morgan fingerprint density at radius 2 is 1.60 bits per heavy atom. The van der Waals surface area contributed by atoms with E-state index in [1.807, 2.05) is 43.3 Å². The Morgan fingerprint density at radius 1 is 0.930 bits per heavy atom. The van der Waals surface area contributed by atoms with Gasteiger partial charge in [0.05, 0.1) is 16.6 Å². The smallest absolute Gasteiger partial charge is 0.308 e. The Hall–Kier alpha value is -3.47. The van der Waals surface area contributed by atoms with Crippen LogP contribution in [0.4, 0.5) is 11.4 Å². The normalized spacial score (nSPS) is 19.7. The van der Waals surface area contributed by atoms with Gasteiger partial charge >= 0.3 is 4.87 Å². The Bertz CT molecular complexity index is 1810. The van der Waals surface area contributed by atoms with Gasteiger partial charge in [-0.15, -0.1) is 0 Å². The summed E-state index contributed by atoms with van der Waals surface area (Å²) in [5.74, 6) is -2.15. The van der Waals surface area contributed by atoms with Gasteiger partial charge in [0.1, 0.15) is 11.8 Å². The van der Waals surface area contributed by atoms with E-state index in [2.05, 4.69) is 54.2 Å². The highest BCUT2D eigenvalue weighted by molar-refractivity contribution is 9.10. The fraction of sp³-hybridized carbons (Fsp3) is 0.273. The number of rotatable bonds is 5. The van der Waals surface area contributed by atoms with Crippen molar-refractivity contribution in [3.8, 4) is 0 Å². The lowest BCUT2D eigenvalue weighted by atomic mass is 9.81. The molecule has 1 saturated heterocycles. The molecule has 2 aliphatic heterocycles. The van der Waals surface area contributed by atoms with Gasteiger partial charge in [0, 0.05) is 21.0 Å². The van der Waals surface area contributed by atoms with E-state index in [4.69, 9.17) is 0 Å². The summed E-state index contributed by atoms with van der Waals surface area (Å²) >= 11 is 5.69. The molecule has 1 aromatic heterocycles. The quantitative estimate of drug-likeness (QED) is 0.238. The predicted molar refractivity (Wildman–Crippen MR) is 175 cm³/mol. The third-order valence-electron chi connectivity index (χ3n) is 7.99. The van der Waals surface area contributed by atoms with Gasteiger partial charge in [0.25, 0.3) is 0 Å². The average Bonchev–Trinajstić information content (AvgIpc) is 3.40. The molecule has 3 aromatic carbocycles. The summed E-state index contributed by atoms with van der Waals surface area (Å²) in [6, 6.07) is 22.6. The van der Waals surface area contributed by atoms with Crippen molar-refractivity contribution in [3.05, 3.63) is 109 Å². The van der Waals surface area contributed by atoms with Crippen LogP contribution in [-0.4, -0.2) is 27.5 Å². The second kappa shape index (κ2) is 11.2. The van der Waals surface area contributed by atoms with Crippen LogP contribution in [0.5, 0.6) is 0 Å². The van der Waals surface area contributed by atoms with Gasteiger partial charge in [0.15, 0.2) is 0 Å². The van der Waals surface area contributed by atoms with Crippen LogP contribution < -0.4 is 15.1 Å². The van der Waals surface area contributed by atoms with Crippen molar-refractivity contribution in [3.63, 3.8) is 0 Å². The second-order valence-corrected chi connectivity index (χ2v) is 14.9. The molecule has 2 aliphatic rings. The van der Waals surface area contributed by atoms with Crippen LogP contribution in [0.25, 0.3) is 0 Å². The lowest BCUT2D eigenvalue weighted by molar-refractivity contribution is -0.122. The Morgan fingerprint density at radius 3 is 2.26 bits per heavy atom. The molecular weight excluding hydrogens is 646 g/mol. The van der Waals surface area contributed by atoms with Crippen LogP contribution in [-0.2, 0) is 26.3 Å². The van der Waals surface area contributed by atoms with Crippen molar-refractivity contribution in [2.45, 2.75) is 55.8 Å². The number of nitrogens with one attached hydrogen (secondary N) is 1. The molecule has 4 aromatic rings. The summed E-state index contributed by atoms with van der Waals surface area (Å²) in [7, 11) is 0. The number of para-hydroxylation sites is 1. The molecule has 0 saturated carbocycles. The zero-order valence-corrected chi connectivity index (χ0v) is 27.3. The van der Waals surface area contributed by atoms with Crippen molar-refractivity contribution in [2.75, 3.05) is 10.2 Å². The molecule has 0 radical (unpaired) electrons. The van der Waals surface area contributed by atoms with E-state index < -0.39 is 17.1 Å². The summed E-state index contributed by atoms with van der Waals surface area (Å²) in [4.78, 5) is 56.3. The molecule has 43 heavy (non-hydrogen) atoms. The third-order valence-corrected chi connectivity index (χ3v) is 11.1. The van der Waals surface area contributed by atoms with Crippen LogP contribution in [0.2, 0.25) is 0 Å². The van der Waals surface area contributed by atoms with E-state index in [1.165, 1.54) is 21.2 Å². The van der Waals surface area contributed by atoms with E-state index in [0.29, 0.717) is 21.3 Å². The van der Waals surface area contributed by atoms with Gasteiger partial charge in [-0.1, -0.05) is 102 Å². The highest BCUT2D eigenvalue weighted by atomic mass is 79.9. The summed E-state index contributed by atoms with van der Waals surface area (Å²) in [6.45, 7) is 8.11. The lowest BCUT2D eigenvalue weighted by Crippen LogP contribution is -2.33. The zero-order chi connectivity index (χ0) is 30.6. The Balaban J connectivity index is 1.42. The van der Waals surface area contributed by atoms with Crippen molar-refractivity contribution < 1.29 is 14.4 Å². The number of halogens is 1. The number of nitrogens with zero attached hydrogens (tertiary/aromatic N) is 2. The number of benzene rings is 3. The van der Waals surface area contributed by atoms with Gasteiger partial charge < -0.3 is 5.32 Å². The molecule has 3 heterocycles. The van der Waals surface area contributed by atoms with Crippen LogP contribution in [0.1, 0.15) is 48.3 Å². The van der Waals surface area contributed by atoms with Gasteiger partial charge in [-0.05, 0) is 59.4 Å². The van der Waals surface area contributed by atoms with Crippen LogP contribution in [0.3, 0.4) is 0 Å². The Kier molecular flexibility index (Phi) is 7.73. The maximum atomic E-state index is 14.1. The number of aryl methyl sites for hydroxylation is 1. The maximum absolute atomic E-state index is 14.1. The molecule has 6 rings (SSSR count). The van der Waals surface area contributed by atoms with Gasteiger partial charge in [-0.2, -0.15) is 0 Å². The molecule has 3 atom stereocenters. The zero-order valence-electron chi connectivity index (χ0n) is 24.1. The van der Waals surface area contributed by atoms with E-state index in [1.54, 1.807) is 24.3 Å². The minimum atomic E-state index is -0.740. The molecule has 0 spiro atoms. The van der Waals surface area contributed by atoms with Crippen molar-refractivity contribution in [2.24, 2.45) is 5.92 Å². The molecular formula is C33H30BrN3O4S2. The minimum absolute atomic E-state index is 0.0647. The molecule has 7 nitrogen and oxygen atoms in total. The standard InChI is InChI=1S/C33H30BrN3O4S2/c1-18-7-5-6-8-23(18)35-24(38)17-36-31-28(43-32(36)41)25(19-9-11-20(12-10-19)33(2,3)4)26-27(42-31)30(40)37(29(26)39)22-15-13-21(34)14-16-22/h5-16,25-27H,17H2,1-4H3,(H,35,38)/t25-,26-,27+/m0/s1. The summed E-state index contributed by atoms with van der Waals surface area (Å²) in [6.07, 6.45) is 0. The highest BCUT2D eigenvalue weighted by Gasteiger charge is 2.56. The third kappa shape index (κ3) is 5.41. The number of imide groups is 1. The fourth-order valence-electron chi connectivity index (χ4n) is 5.70. The molecule has 1 fully saturated rings. The largest absolute Gasteiger partial charge is 0.324 e. The lowest BCUT2D eigenvalue weighted by Gasteiger charge is -2.31. The van der Waals surface area contributed by atoms with E-state index in [0.717, 1.165) is 32.5 Å². The topological polar surface area (TPSA) is 88.5 Å². The molecule has 220 valence electrons. The molecule has 0 aliphatic carbocycles. The number of fused-ring (bicyclic) bond motifs is 2. The first-order chi connectivity index (χ1) is 20.4. The number of anilines is 2. The van der Waals surface area contributed by atoms with Gasteiger partial charge in [-0.3, -0.25) is 23.7 Å². The van der Waals surface area contributed by atoms with Crippen molar-refractivity contribution >= 4 is 68.1 Å². The van der Waals surface area contributed by atoms with Crippen LogP contribution in [0.15, 0.2) is 87.1 Å². The molecule has 10 heteroatoms. The second-order valence-electron chi connectivity index (χ2n) is 11.9. The van der Waals surface area contributed by atoms with E-state index in [9.17, 15) is 19.2 Å². The highest BCUT2D eigenvalue weighted by Crippen LogP contribution is 2.54. The number of thioether (sulfide) groups is 1. The number of thiazole rings is 1. The average molecular weight is 677 g/mol. The fourth-order valence-corrected chi connectivity index (χ4v) is 8.73. The van der Waals surface area contributed by atoms with Crippen molar-refractivity contribution in [1.29, 1.82) is 0 Å². The maximum Gasteiger partial charge on any atom is 0.308 e. The van der Waals surface area contributed by atoms with E-state index in [-0.39, 0.29) is 34.6 Å². The SMILES string of the molecule is Cc1ccccc1NC(=O)Cn1c2c(sc1=O)[C@@H](c1ccc(C(C)(C)C)cc1)[C@@H]1C(=O)N(c3ccc(Br)cc3)C(=O)[C@@H]1S2. The van der Waals surface area contributed by atoms with Gasteiger partial charge in [-0.25, -0.2) is 4.90 Å². The number of amides is 3. The monoisotopic (exact) mass is 675 g/mol.